The van der Waals surface area contributed by atoms with E-state index in [4.69, 9.17) is 5.26 Å². The summed E-state index contributed by atoms with van der Waals surface area (Å²) in [5, 5.41) is 12.2. The molecule has 0 bridgehead atoms. The van der Waals surface area contributed by atoms with Crippen LogP contribution in [0.1, 0.15) is 37.8 Å². The summed E-state index contributed by atoms with van der Waals surface area (Å²) in [5.41, 5.74) is 3.01. The molecule has 80 valence electrons. The van der Waals surface area contributed by atoms with Crippen LogP contribution in [0.2, 0.25) is 0 Å². The fourth-order valence-electron chi connectivity index (χ4n) is 1.61. The Bertz CT molecular complexity index is 359. The van der Waals surface area contributed by atoms with E-state index in [-0.39, 0.29) is 0 Å². The van der Waals surface area contributed by atoms with Crippen LogP contribution in [0, 0.1) is 18.3 Å². The molecule has 1 aromatic carbocycles. The van der Waals surface area contributed by atoms with Crippen LogP contribution in [0.4, 0.5) is 5.69 Å². The maximum absolute atomic E-state index is 8.76. The highest BCUT2D eigenvalue weighted by molar-refractivity contribution is 5.54. The van der Waals surface area contributed by atoms with Crippen molar-refractivity contribution in [2.24, 2.45) is 0 Å². The molecule has 0 aliphatic rings. The van der Waals surface area contributed by atoms with Gasteiger partial charge in [0.05, 0.1) is 11.6 Å². The molecule has 0 heterocycles. The number of anilines is 1. The van der Waals surface area contributed by atoms with E-state index >= 15 is 0 Å². The molecule has 0 saturated carbocycles. The zero-order valence-electron chi connectivity index (χ0n) is 9.67. The van der Waals surface area contributed by atoms with Crippen molar-refractivity contribution < 1.29 is 0 Å². The van der Waals surface area contributed by atoms with Crippen molar-refractivity contribution in [3.63, 3.8) is 0 Å². The van der Waals surface area contributed by atoms with E-state index in [9.17, 15) is 0 Å². The summed E-state index contributed by atoms with van der Waals surface area (Å²) in [6, 6.07) is 8.45. The van der Waals surface area contributed by atoms with Gasteiger partial charge >= 0.3 is 0 Å². The number of rotatable bonds is 4. The average Bonchev–Trinajstić information content (AvgIpc) is 2.27. The minimum absolute atomic E-state index is 0.525. The molecule has 0 radical (unpaired) electrons. The van der Waals surface area contributed by atoms with Crippen LogP contribution in [0.25, 0.3) is 0 Å². The fourth-order valence-corrected chi connectivity index (χ4v) is 1.61. The molecule has 0 aliphatic carbocycles. The lowest BCUT2D eigenvalue weighted by molar-refractivity contribution is 0.671. The summed E-state index contributed by atoms with van der Waals surface area (Å²) in [4.78, 5) is 0. The second-order valence-electron chi connectivity index (χ2n) is 3.80. The molecule has 0 atom stereocenters. The highest BCUT2D eigenvalue weighted by Crippen LogP contribution is 2.18. The van der Waals surface area contributed by atoms with Gasteiger partial charge in [0.2, 0.25) is 0 Å². The van der Waals surface area contributed by atoms with Crippen LogP contribution >= 0.6 is 0 Å². The summed E-state index contributed by atoms with van der Waals surface area (Å²) < 4.78 is 0. The van der Waals surface area contributed by atoms with Crippen molar-refractivity contribution in [3.8, 4) is 6.07 Å². The first-order valence-corrected chi connectivity index (χ1v) is 5.48. The fraction of sp³-hybridized carbons (Fsp3) is 0.462. The van der Waals surface area contributed by atoms with E-state index in [0.717, 1.165) is 29.7 Å². The lowest BCUT2D eigenvalue weighted by Crippen LogP contribution is -2.17. The Morgan fingerprint density at radius 2 is 2.00 bits per heavy atom. The molecule has 15 heavy (non-hydrogen) atoms. The summed E-state index contributed by atoms with van der Waals surface area (Å²) in [7, 11) is 0. The maximum Gasteiger partial charge on any atom is 0.0991 e. The Kier molecular flexibility index (Phi) is 4.17. The first-order chi connectivity index (χ1) is 7.21. The van der Waals surface area contributed by atoms with Gasteiger partial charge in [-0.3, -0.25) is 0 Å². The van der Waals surface area contributed by atoms with E-state index in [2.05, 4.69) is 25.2 Å². The third-order valence-corrected chi connectivity index (χ3v) is 2.70. The second kappa shape index (κ2) is 5.41. The molecule has 0 aliphatic heterocycles. The van der Waals surface area contributed by atoms with Crippen molar-refractivity contribution in [1.29, 1.82) is 5.26 Å². The molecule has 1 rings (SSSR count). The van der Waals surface area contributed by atoms with Gasteiger partial charge in [0.15, 0.2) is 0 Å². The van der Waals surface area contributed by atoms with Gasteiger partial charge in [0, 0.05) is 11.7 Å². The van der Waals surface area contributed by atoms with Gasteiger partial charge in [0.25, 0.3) is 0 Å². The lowest BCUT2D eigenvalue weighted by Gasteiger charge is -2.17. The van der Waals surface area contributed by atoms with E-state index < -0.39 is 0 Å². The molecule has 2 nitrogen and oxygen atoms in total. The lowest BCUT2D eigenvalue weighted by atomic mass is 10.1. The number of aryl methyl sites for hydroxylation is 1. The third-order valence-electron chi connectivity index (χ3n) is 2.70. The maximum atomic E-state index is 8.76. The number of nitriles is 1. The third kappa shape index (κ3) is 2.99. The van der Waals surface area contributed by atoms with Gasteiger partial charge in [-0.1, -0.05) is 13.8 Å². The van der Waals surface area contributed by atoms with Crippen LogP contribution < -0.4 is 5.32 Å². The molecule has 0 aromatic heterocycles. The summed E-state index contributed by atoms with van der Waals surface area (Å²) >= 11 is 0. The number of nitrogens with one attached hydrogen (secondary N) is 1. The highest BCUT2D eigenvalue weighted by Gasteiger charge is 2.05. The number of hydrogen-bond acceptors (Lipinski definition) is 2. The molecular formula is C13H18N2. The molecule has 0 saturated heterocycles. The predicted molar refractivity (Wildman–Crippen MR) is 63.9 cm³/mol. The van der Waals surface area contributed by atoms with Crippen LogP contribution in [-0.2, 0) is 0 Å². The Labute approximate surface area is 91.9 Å². The van der Waals surface area contributed by atoms with Crippen molar-refractivity contribution in [2.75, 3.05) is 5.32 Å². The summed E-state index contributed by atoms with van der Waals surface area (Å²) in [6.45, 7) is 6.39. The van der Waals surface area contributed by atoms with Crippen molar-refractivity contribution >= 4 is 5.69 Å². The Balaban J connectivity index is 2.83. The van der Waals surface area contributed by atoms with E-state index in [1.54, 1.807) is 0 Å². The quantitative estimate of drug-likeness (QED) is 0.811. The molecule has 0 amide bonds. The first kappa shape index (κ1) is 11.6. The Morgan fingerprint density at radius 1 is 1.33 bits per heavy atom. The van der Waals surface area contributed by atoms with Crippen LogP contribution in [0.3, 0.4) is 0 Å². The first-order valence-electron chi connectivity index (χ1n) is 5.48. The SMILES string of the molecule is CCC(CC)Nc1ccc(C#N)cc1C. The van der Waals surface area contributed by atoms with E-state index in [1.165, 1.54) is 0 Å². The van der Waals surface area contributed by atoms with Gasteiger partial charge in [-0.25, -0.2) is 0 Å². The van der Waals surface area contributed by atoms with Gasteiger partial charge < -0.3 is 5.32 Å². The predicted octanol–water partition coefficient (Wildman–Crippen LogP) is 3.47. The van der Waals surface area contributed by atoms with Gasteiger partial charge in [-0.2, -0.15) is 5.26 Å². The molecule has 1 aromatic rings. The van der Waals surface area contributed by atoms with Gasteiger partial charge in [-0.05, 0) is 43.5 Å². The topological polar surface area (TPSA) is 35.8 Å². The van der Waals surface area contributed by atoms with Crippen LogP contribution in [-0.4, -0.2) is 6.04 Å². The standard InChI is InChI=1S/C13H18N2/c1-4-12(5-2)15-13-7-6-11(9-14)8-10(13)3/h6-8,12,15H,4-5H2,1-3H3. The molecule has 0 unspecified atom stereocenters. The molecule has 1 N–H and O–H groups in total. The molecule has 2 heteroatoms. The van der Waals surface area contributed by atoms with Crippen molar-refractivity contribution in [2.45, 2.75) is 39.7 Å². The number of nitrogens with zero attached hydrogens (tertiary/aromatic N) is 1. The smallest absolute Gasteiger partial charge is 0.0991 e. The highest BCUT2D eigenvalue weighted by atomic mass is 14.9. The van der Waals surface area contributed by atoms with Gasteiger partial charge in [0.1, 0.15) is 0 Å². The molecule has 0 spiro atoms. The van der Waals surface area contributed by atoms with Gasteiger partial charge in [-0.15, -0.1) is 0 Å². The summed E-state index contributed by atoms with van der Waals surface area (Å²) in [5.74, 6) is 0. The van der Waals surface area contributed by atoms with E-state index in [1.807, 2.05) is 25.1 Å². The Hall–Kier alpha value is -1.49. The minimum atomic E-state index is 0.525. The van der Waals surface area contributed by atoms with E-state index in [0.29, 0.717) is 6.04 Å². The Morgan fingerprint density at radius 3 is 2.47 bits per heavy atom. The molecular weight excluding hydrogens is 184 g/mol. The minimum Gasteiger partial charge on any atom is -0.382 e. The zero-order chi connectivity index (χ0) is 11.3. The number of benzene rings is 1. The normalized spacial score (nSPS) is 10.1. The van der Waals surface area contributed by atoms with Crippen molar-refractivity contribution in [3.05, 3.63) is 29.3 Å². The zero-order valence-corrected chi connectivity index (χ0v) is 9.67. The monoisotopic (exact) mass is 202 g/mol. The number of hydrogen-bond donors (Lipinski definition) is 1. The largest absolute Gasteiger partial charge is 0.382 e. The summed E-state index contributed by atoms with van der Waals surface area (Å²) in [6.07, 6.45) is 2.24. The molecule has 0 fully saturated rings. The second-order valence-corrected chi connectivity index (χ2v) is 3.80. The average molecular weight is 202 g/mol. The van der Waals surface area contributed by atoms with Crippen LogP contribution in [0.15, 0.2) is 18.2 Å². The van der Waals surface area contributed by atoms with Crippen molar-refractivity contribution in [1.82, 2.24) is 0 Å². The van der Waals surface area contributed by atoms with Crippen LogP contribution in [0.5, 0.6) is 0 Å².